The Hall–Kier alpha value is -1.40. The summed E-state index contributed by atoms with van der Waals surface area (Å²) in [6, 6.07) is 5.28. The van der Waals surface area contributed by atoms with Crippen molar-refractivity contribution in [2.75, 3.05) is 0 Å². The Bertz CT molecular complexity index is 612. The van der Waals surface area contributed by atoms with Gasteiger partial charge >= 0.3 is 5.97 Å². The van der Waals surface area contributed by atoms with E-state index in [9.17, 15) is 4.79 Å². The lowest BCUT2D eigenvalue weighted by Crippen LogP contribution is -2.06. The van der Waals surface area contributed by atoms with Crippen LogP contribution in [0.15, 0.2) is 22.7 Å². The molecule has 0 unspecified atom stereocenters. The highest BCUT2D eigenvalue weighted by molar-refractivity contribution is 9.10. The lowest BCUT2D eigenvalue weighted by molar-refractivity contribution is 0.0689. The Labute approximate surface area is 117 Å². The summed E-state index contributed by atoms with van der Waals surface area (Å²) in [6.07, 6.45) is 0.501. The van der Waals surface area contributed by atoms with Crippen molar-refractivity contribution in [3.63, 3.8) is 0 Å². The van der Waals surface area contributed by atoms with E-state index in [2.05, 4.69) is 26.2 Å². The van der Waals surface area contributed by atoms with Crippen molar-refractivity contribution >= 4 is 33.5 Å². The van der Waals surface area contributed by atoms with Gasteiger partial charge in [0.2, 0.25) is 0 Å². The number of hydrogen-bond acceptors (Lipinski definition) is 3. The summed E-state index contributed by atoms with van der Waals surface area (Å²) in [5.74, 6) is -1.09. The van der Waals surface area contributed by atoms with E-state index in [4.69, 9.17) is 16.7 Å². The molecule has 0 aliphatic heterocycles. The number of carboxylic acids is 1. The second-order valence-electron chi connectivity index (χ2n) is 3.55. The molecular formula is C11H9BrClN3O2. The van der Waals surface area contributed by atoms with Crippen LogP contribution in [0.25, 0.3) is 5.69 Å². The summed E-state index contributed by atoms with van der Waals surface area (Å²) in [4.78, 5) is 11.0. The summed E-state index contributed by atoms with van der Waals surface area (Å²) in [7, 11) is 0. The van der Waals surface area contributed by atoms with E-state index >= 15 is 0 Å². The van der Waals surface area contributed by atoms with Gasteiger partial charge in [-0.2, -0.15) is 0 Å². The molecule has 94 valence electrons. The van der Waals surface area contributed by atoms with E-state index in [1.165, 1.54) is 4.68 Å². The highest BCUT2D eigenvalue weighted by Gasteiger charge is 2.19. The summed E-state index contributed by atoms with van der Waals surface area (Å²) in [5.41, 5.74) is 1.08. The molecule has 0 bridgehead atoms. The standard InChI is InChI=1S/C11H9BrClN3O2/c1-2-8-10(11(17)18)14-15-16(8)9-4-3-6(12)5-7(9)13/h3-5H,2H2,1H3,(H,17,18). The van der Waals surface area contributed by atoms with Gasteiger partial charge in [-0.15, -0.1) is 5.10 Å². The second-order valence-corrected chi connectivity index (χ2v) is 4.87. The molecule has 18 heavy (non-hydrogen) atoms. The molecule has 1 heterocycles. The third-order valence-corrected chi connectivity index (χ3v) is 3.23. The second kappa shape index (κ2) is 5.07. The zero-order valence-electron chi connectivity index (χ0n) is 9.39. The van der Waals surface area contributed by atoms with Gasteiger partial charge in [0.05, 0.1) is 16.4 Å². The fourth-order valence-electron chi connectivity index (χ4n) is 1.63. The molecule has 0 spiro atoms. The van der Waals surface area contributed by atoms with E-state index in [-0.39, 0.29) is 5.69 Å². The number of halogens is 2. The summed E-state index contributed by atoms with van der Waals surface area (Å²) in [6.45, 7) is 1.84. The SMILES string of the molecule is CCc1c(C(=O)O)nnn1-c1ccc(Br)cc1Cl. The molecule has 0 atom stereocenters. The first-order valence-electron chi connectivity index (χ1n) is 5.18. The first-order chi connectivity index (χ1) is 8.54. The van der Waals surface area contributed by atoms with Crippen molar-refractivity contribution in [3.05, 3.63) is 39.1 Å². The molecule has 5 nitrogen and oxygen atoms in total. The van der Waals surface area contributed by atoms with Gasteiger partial charge in [0.25, 0.3) is 0 Å². The fourth-order valence-corrected chi connectivity index (χ4v) is 2.38. The monoisotopic (exact) mass is 329 g/mol. The topological polar surface area (TPSA) is 68.0 Å². The Kier molecular flexibility index (Phi) is 3.68. The van der Waals surface area contributed by atoms with E-state index in [1.807, 2.05) is 13.0 Å². The number of carboxylic acid groups (broad SMARTS) is 1. The molecule has 7 heteroatoms. The number of nitrogens with zero attached hydrogens (tertiary/aromatic N) is 3. The Morgan fingerprint density at radius 3 is 2.83 bits per heavy atom. The molecule has 0 radical (unpaired) electrons. The number of carbonyl (C=O) groups is 1. The third-order valence-electron chi connectivity index (χ3n) is 2.44. The number of aromatic carboxylic acids is 1. The van der Waals surface area contributed by atoms with Crippen LogP contribution in [0.5, 0.6) is 0 Å². The zero-order chi connectivity index (χ0) is 13.3. The largest absolute Gasteiger partial charge is 0.476 e. The van der Waals surface area contributed by atoms with E-state index in [0.717, 1.165) is 4.47 Å². The smallest absolute Gasteiger partial charge is 0.358 e. The normalized spacial score (nSPS) is 10.6. The molecule has 1 N–H and O–H groups in total. The Morgan fingerprint density at radius 2 is 2.28 bits per heavy atom. The number of hydrogen-bond donors (Lipinski definition) is 1. The molecule has 1 aromatic carbocycles. The van der Waals surface area contributed by atoms with Gasteiger partial charge in [-0.25, -0.2) is 9.48 Å². The molecule has 0 aliphatic rings. The van der Waals surface area contributed by atoms with Gasteiger partial charge in [-0.1, -0.05) is 39.7 Å². The van der Waals surface area contributed by atoms with Gasteiger partial charge in [-0.05, 0) is 24.6 Å². The summed E-state index contributed by atoms with van der Waals surface area (Å²) >= 11 is 9.42. The summed E-state index contributed by atoms with van der Waals surface area (Å²) < 4.78 is 2.30. The van der Waals surface area contributed by atoms with Crippen molar-refractivity contribution in [1.82, 2.24) is 15.0 Å². The van der Waals surface area contributed by atoms with Crippen LogP contribution >= 0.6 is 27.5 Å². The first kappa shape index (κ1) is 13.0. The van der Waals surface area contributed by atoms with Gasteiger partial charge in [0.1, 0.15) is 0 Å². The lowest BCUT2D eigenvalue weighted by atomic mass is 10.2. The average molecular weight is 331 g/mol. The Morgan fingerprint density at radius 1 is 1.56 bits per heavy atom. The minimum atomic E-state index is -1.09. The minimum Gasteiger partial charge on any atom is -0.476 e. The molecule has 0 aliphatic carbocycles. The highest BCUT2D eigenvalue weighted by atomic mass is 79.9. The van der Waals surface area contributed by atoms with Crippen LogP contribution in [0, 0.1) is 0 Å². The minimum absolute atomic E-state index is 0.0449. The zero-order valence-corrected chi connectivity index (χ0v) is 11.7. The third kappa shape index (κ3) is 2.26. The fraction of sp³-hybridized carbons (Fsp3) is 0.182. The Balaban J connectivity index is 2.60. The van der Waals surface area contributed by atoms with Crippen LogP contribution in [-0.2, 0) is 6.42 Å². The van der Waals surface area contributed by atoms with Gasteiger partial charge < -0.3 is 5.11 Å². The van der Waals surface area contributed by atoms with Gasteiger partial charge in [0.15, 0.2) is 5.69 Å². The number of rotatable bonds is 3. The van der Waals surface area contributed by atoms with Crippen molar-refractivity contribution in [1.29, 1.82) is 0 Å². The molecule has 0 saturated carbocycles. The van der Waals surface area contributed by atoms with Crippen molar-refractivity contribution in [2.24, 2.45) is 0 Å². The van der Waals surface area contributed by atoms with Crippen LogP contribution in [0.2, 0.25) is 5.02 Å². The van der Waals surface area contributed by atoms with Crippen LogP contribution in [0.1, 0.15) is 23.1 Å². The van der Waals surface area contributed by atoms with Crippen molar-refractivity contribution in [2.45, 2.75) is 13.3 Å². The molecule has 1 aromatic heterocycles. The maximum Gasteiger partial charge on any atom is 0.358 e. The molecular weight excluding hydrogens is 321 g/mol. The maximum absolute atomic E-state index is 11.0. The lowest BCUT2D eigenvalue weighted by Gasteiger charge is -2.07. The quantitative estimate of drug-likeness (QED) is 0.939. The average Bonchev–Trinajstić information content (AvgIpc) is 2.72. The first-order valence-corrected chi connectivity index (χ1v) is 6.35. The summed E-state index contributed by atoms with van der Waals surface area (Å²) in [5, 5.41) is 17.0. The molecule has 2 rings (SSSR count). The predicted octanol–water partition coefficient (Wildman–Crippen LogP) is 2.94. The van der Waals surface area contributed by atoms with E-state index in [0.29, 0.717) is 22.8 Å². The number of aromatic nitrogens is 3. The highest BCUT2D eigenvalue weighted by Crippen LogP contribution is 2.25. The molecule has 0 fully saturated rings. The van der Waals surface area contributed by atoms with Crippen LogP contribution < -0.4 is 0 Å². The van der Waals surface area contributed by atoms with E-state index < -0.39 is 5.97 Å². The van der Waals surface area contributed by atoms with Gasteiger partial charge in [-0.3, -0.25) is 0 Å². The van der Waals surface area contributed by atoms with Crippen LogP contribution in [-0.4, -0.2) is 26.1 Å². The molecule has 0 saturated heterocycles. The van der Waals surface area contributed by atoms with Crippen LogP contribution in [0.4, 0.5) is 0 Å². The number of benzene rings is 1. The van der Waals surface area contributed by atoms with Crippen LogP contribution in [0.3, 0.4) is 0 Å². The predicted molar refractivity (Wildman–Crippen MR) is 70.4 cm³/mol. The van der Waals surface area contributed by atoms with E-state index in [1.54, 1.807) is 12.1 Å². The maximum atomic E-state index is 11.0. The molecule has 2 aromatic rings. The molecule has 0 amide bonds. The van der Waals surface area contributed by atoms with Gasteiger partial charge in [0, 0.05) is 4.47 Å². The van der Waals surface area contributed by atoms with Crippen molar-refractivity contribution in [3.8, 4) is 5.69 Å². The van der Waals surface area contributed by atoms with Crippen molar-refractivity contribution < 1.29 is 9.90 Å².